The summed E-state index contributed by atoms with van der Waals surface area (Å²) in [7, 11) is 0. The van der Waals surface area contributed by atoms with Gasteiger partial charge >= 0.3 is 0 Å². The lowest BCUT2D eigenvalue weighted by molar-refractivity contribution is 0.569. The van der Waals surface area contributed by atoms with Crippen LogP contribution in [-0.2, 0) is 0 Å². The van der Waals surface area contributed by atoms with Crippen LogP contribution in [-0.4, -0.2) is 16.3 Å². The molecule has 0 saturated heterocycles. The van der Waals surface area contributed by atoms with Crippen LogP contribution < -0.4 is 0 Å². The standard InChI is InChI=1S/C5H6Cl2N2/c1-4-2-5(6)8-3-9(4)7/h2H,3H2,1H3. The first-order valence-corrected chi connectivity index (χ1v) is 3.23. The van der Waals surface area contributed by atoms with Crippen LogP contribution in [0.1, 0.15) is 6.92 Å². The molecule has 1 aliphatic heterocycles. The molecule has 0 fully saturated rings. The second kappa shape index (κ2) is 2.58. The van der Waals surface area contributed by atoms with Gasteiger partial charge in [0, 0.05) is 17.5 Å². The van der Waals surface area contributed by atoms with Crippen LogP contribution in [0.3, 0.4) is 0 Å². The molecule has 9 heavy (non-hydrogen) atoms. The summed E-state index contributed by atoms with van der Waals surface area (Å²) in [6.07, 6.45) is 1.72. The van der Waals surface area contributed by atoms with Crippen LogP contribution in [0.4, 0.5) is 0 Å². The third-order valence-electron chi connectivity index (χ3n) is 1.06. The van der Waals surface area contributed by atoms with E-state index in [1.165, 1.54) is 4.42 Å². The Labute approximate surface area is 63.9 Å². The van der Waals surface area contributed by atoms with E-state index in [4.69, 9.17) is 23.4 Å². The Morgan fingerprint density at radius 3 is 2.89 bits per heavy atom. The van der Waals surface area contributed by atoms with Gasteiger partial charge in [0.15, 0.2) is 0 Å². The molecule has 0 unspecified atom stereocenters. The number of aliphatic imine (C=N–C) groups is 1. The molecule has 0 atom stereocenters. The van der Waals surface area contributed by atoms with Crippen molar-refractivity contribution < 1.29 is 0 Å². The van der Waals surface area contributed by atoms with E-state index >= 15 is 0 Å². The van der Waals surface area contributed by atoms with Gasteiger partial charge in [-0.2, -0.15) is 0 Å². The largest absolute Gasteiger partial charge is 0.268 e. The van der Waals surface area contributed by atoms with Gasteiger partial charge in [-0.1, -0.05) is 11.6 Å². The number of halogens is 2. The van der Waals surface area contributed by atoms with Crippen LogP contribution in [0.15, 0.2) is 16.8 Å². The lowest BCUT2D eigenvalue weighted by Gasteiger charge is -2.16. The third kappa shape index (κ3) is 1.60. The summed E-state index contributed by atoms with van der Waals surface area (Å²) in [5, 5.41) is 0.518. The van der Waals surface area contributed by atoms with Crippen LogP contribution in [0, 0.1) is 0 Å². The maximum atomic E-state index is 5.63. The number of hydrogen-bond donors (Lipinski definition) is 0. The molecule has 50 valence electrons. The maximum Gasteiger partial charge on any atom is 0.127 e. The number of rotatable bonds is 0. The molecule has 0 bridgehead atoms. The number of hydrogen-bond acceptors (Lipinski definition) is 2. The fourth-order valence-electron chi connectivity index (χ4n) is 0.529. The second-order valence-electron chi connectivity index (χ2n) is 1.77. The summed E-state index contributed by atoms with van der Waals surface area (Å²) in [4.78, 5) is 3.86. The topological polar surface area (TPSA) is 15.6 Å². The smallest absolute Gasteiger partial charge is 0.127 e. The molecule has 0 N–H and O–H groups in total. The summed E-state index contributed by atoms with van der Waals surface area (Å²) in [6, 6.07) is 0. The zero-order valence-electron chi connectivity index (χ0n) is 4.93. The van der Waals surface area contributed by atoms with E-state index in [9.17, 15) is 0 Å². The van der Waals surface area contributed by atoms with Crippen molar-refractivity contribution in [3.05, 3.63) is 11.8 Å². The highest BCUT2D eigenvalue weighted by molar-refractivity contribution is 6.68. The van der Waals surface area contributed by atoms with Gasteiger partial charge in [-0.3, -0.25) is 9.41 Å². The summed E-state index contributed by atoms with van der Waals surface area (Å²) in [6.45, 7) is 2.33. The van der Waals surface area contributed by atoms with Crippen molar-refractivity contribution in [2.24, 2.45) is 4.99 Å². The zero-order chi connectivity index (χ0) is 6.85. The molecule has 0 aromatic heterocycles. The van der Waals surface area contributed by atoms with Gasteiger partial charge in [0.1, 0.15) is 11.8 Å². The highest BCUT2D eigenvalue weighted by Gasteiger charge is 2.05. The monoisotopic (exact) mass is 164 g/mol. The third-order valence-corrected chi connectivity index (χ3v) is 1.66. The molecule has 0 aromatic carbocycles. The van der Waals surface area contributed by atoms with E-state index in [1.54, 1.807) is 6.08 Å². The lowest BCUT2D eigenvalue weighted by Crippen LogP contribution is -2.14. The van der Waals surface area contributed by atoms with Gasteiger partial charge in [-0.05, 0) is 13.0 Å². The van der Waals surface area contributed by atoms with E-state index in [-0.39, 0.29) is 0 Å². The molecule has 0 aromatic rings. The van der Waals surface area contributed by atoms with Crippen LogP contribution >= 0.6 is 23.4 Å². The van der Waals surface area contributed by atoms with Gasteiger partial charge in [0.05, 0.1) is 0 Å². The fraction of sp³-hybridized carbons (Fsp3) is 0.400. The quantitative estimate of drug-likeness (QED) is 0.501. The summed E-state index contributed by atoms with van der Waals surface area (Å²) in [5.74, 6) is 0. The molecule has 0 saturated carbocycles. The molecule has 0 aliphatic carbocycles. The molecule has 2 nitrogen and oxygen atoms in total. The first kappa shape index (κ1) is 6.90. The normalized spacial score (nSPS) is 19.2. The zero-order valence-corrected chi connectivity index (χ0v) is 6.45. The molecule has 4 heteroatoms. The SMILES string of the molecule is CC1=CC(Cl)=NCN1Cl. The molecular weight excluding hydrogens is 159 g/mol. The molecular formula is C5H6Cl2N2. The van der Waals surface area contributed by atoms with Gasteiger partial charge in [-0.25, -0.2) is 0 Å². The highest BCUT2D eigenvalue weighted by atomic mass is 35.5. The minimum atomic E-state index is 0.447. The fourth-order valence-corrected chi connectivity index (χ4v) is 0.843. The van der Waals surface area contributed by atoms with Gasteiger partial charge in [0.25, 0.3) is 0 Å². The molecule has 0 amide bonds. The van der Waals surface area contributed by atoms with E-state index in [0.717, 1.165) is 5.70 Å². The summed E-state index contributed by atoms with van der Waals surface area (Å²) >= 11 is 11.2. The number of allylic oxidation sites excluding steroid dienone is 2. The maximum absolute atomic E-state index is 5.63. The Morgan fingerprint density at radius 2 is 2.44 bits per heavy atom. The van der Waals surface area contributed by atoms with Crippen LogP contribution in [0.5, 0.6) is 0 Å². The van der Waals surface area contributed by atoms with Crippen LogP contribution in [0.2, 0.25) is 0 Å². The van der Waals surface area contributed by atoms with Crippen molar-refractivity contribution >= 4 is 28.5 Å². The molecule has 1 aliphatic rings. The Bertz CT molecular complexity index is 174. The number of nitrogens with zero attached hydrogens (tertiary/aromatic N) is 2. The highest BCUT2D eigenvalue weighted by Crippen LogP contribution is 2.12. The molecule has 1 rings (SSSR count). The lowest BCUT2D eigenvalue weighted by atomic mass is 10.4. The van der Waals surface area contributed by atoms with E-state index < -0.39 is 0 Å². The first-order valence-electron chi connectivity index (χ1n) is 2.52. The van der Waals surface area contributed by atoms with E-state index in [1.807, 2.05) is 6.92 Å². The van der Waals surface area contributed by atoms with Crippen molar-refractivity contribution in [3.8, 4) is 0 Å². The Hall–Kier alpha value is -0.210. The first-order chi connectivity index (χ1) is 4.20. The molecule has 0 spiro atoms. The van der Waals surface area contributed by atoms with Crippen molar-refractivity contribution in [3.63, 3.8) is 0 Å². The average molecular weight is 165 g/mol. The summed E-state index contributed by atoms with van der Waals surface area (Å²) < 4.78 is 1.51. The molecule has 0 radical (unpaired) electrons. The minimum Gasteiger partial charge on any atom is -0.268 e. The molecule has 1 heterocycles. The van der Waals surface area contributed by atoms with Crippen LogP contribution in [0.25, 0.3) is 0 Å². The minimum absolute atomic E-state index is 0.447. The Kier molecular flexibility index (Phi) is 1.98. The second-order valence-corrected chi connectivity index (χ2v) is 2.57. The van der Waals surface area contributed by atoms with Gasteiger partial charge in [-0.15, -0.1) is 0 Å². The predicted molar refractivity (Wildman–Crippen MR) is 39.6 cm³/mol. The van der Waals surface area contributed by atoms with Crippen molar-refractivity contribution in [1.29, 1.82) is 0 Å². The van der Waals surface area contributed by atoms with Gasteiger partial charge < -0.3 is 0 Å². The van der Waals surface area contributed by atoms with E-state index in [2.05, 4.69) is 4.99 Å². The Balaban J connectivity index is 2.74. The van der Waals surface area contributed by atoms with E-state index in [0.29, 0.717) is 11.8 Å². The average Bonchev–Trinajstić information content (AvgIpc) is 1.80. The van der Waals surface area contributed by atoms with Gasteiger partial charge in [0.2, 0.25) is 0 Å². The van der Waals surface area contributed by atoms with Crippen molar-refractivity contribution in [2.45, 2.75) is 6.92 Å². The van der Waals surface area contributed by atoms with Crippen molar-refractivity contribution in [1.82, 2.24) is 4.42 Å². The summed E-state index contributed by atoms with van der Waals surface area (Å²) in [5.41, 5.74) is 0.927. The van der Waals surface area contributed by atoms with Crippen molar-refractivity contribution in [2.75, 3.05) is 6.67 Å². The Morgan fingerprint density at radius 1 is 1.78 bits per heavy atom. The predicted octanol–water partition coefficient (Wildman–Crippen LogP) is 1.95.